The van der Waals surface area contributed by atoms with E-state index in [0.717, 1.165) is 12.1 Å². The van der Waals surface area contributed by atoms with Crippen LogP contribution in [0.2, 0.25) is 0 Å². The second kappa shape index (κ2) is 6.72. The second-order valence-corrected chi connectivity index (χ2v) is 6.23. The Hall–Kier alpha value is -2.61. The number of carbonyl (C=O) groups excluding carboxylic acids is 1. The van der Waals surface area contributed by atoms with E-state index in [4.69, 9.17) is 4.42 Å². The number of hydrogen-bond donors (Lipinski definition) is 0. The SMILES string of the molecule is CN(Cc1cccc(C(F)(F)F)c1)C(=O)c1csc(-c2ccco2)n1. The van der Waals surface area contributed by atoms with Crippen molar-refractivity contribution >= 4 is 17.2 Å². The molecule has 0 aliphatic rings. The van der Waals surface area contributed by atoms with Crippen molar-refractivity contribution in [3.63, 3.8) is 0 Å². The van der Waals surface area contributed by atoms with E-state index < -0.39 is 11.7 Å². The van der Waals surface area contributed by atoms with Crippen LogP contribution in [0.25, 0.3) is 10.8 Å². The van der Waals surface area contributed by atoms with E-state index in [1.165, 1.54) is 35.6 Å². The summed E-state index contributed by atoms with van der Waals surface area (Å²) in [7, 11) is 1.52. The molecule has 4 nitrogen and oxygen atoms in total. The molecule has 0 atom stereocenters. The summed E-state index contributed by atoms with van der Waals surface area (Å²) in [5, 5.41) is 2.17. The highest BCUT2D eigenvalue weighted by molar-refractivity contribution is 7.13. The maximum Gasteiger partial charge on any atom is 0.416 e. The lowest BCUT2D eigenvalue weighted by Crippen LogP contribution is -2.26. The van der Waals surface area contributed by atoms with Gasteiger partial charge in [-0.15, -0.1) is 11.3 Å². The van der Waals surface area contributed by atoms with Gasteiger partial charge in [0.1, 0.15) is 5.69 Å². The van der Waals surface area contributed by atoms with Crippen molar-refractivity contribution in [3.05, 3.63) is 64.9 Å². The van der Waals surface area contributed by atoms with Gasteiger partial charge in [0.25, 0.3) is 5.91 Å². The second-order valence-electron chi connectivity index (χ2n) is 5.37. The molecule has 130 valence electrons. The van der Waals surface area contributed by atoms with Crippen LogP contribution in [-0.4, -0.2) is 22.8 Å². The van der Waals surface area contributed by atoms with Crippen molar-refractivity contribution in [1.29, 1.82) is 0 Å². The fraction of sp³-hybridized carbons (Fsp3) is 0.176. The topological polar surface area (TPSA) is 46.3 Å². The normalized spacial score (nSPS) is 11.5. The van der Waals surface area contributed by atoms with Gasteiger partial charge in [0.05, 0.1) is 11.8 Å². The highest BCUT2D eigenvalue weighted by Crippen LogP contribution is 2.30. The van der Waals surface area contributed by atoms with Gasteiger partial charge >= 0.3 is 6.18 Å². The Morgan fingerprint density at radius 1 is 1.28 bits per heavy atom. The van der Waals surface area contributed by atoms with Gasteiger partial charge in [-0.1, -0.05) is 12.1 Å². The van der Waals surface area contributed by atoms with Gasteiger partial charge in [0.15, 0.2) is 10.8 Å². The predicted octanol–water partition coefficient (Wildman–Crippen LogP) is 4.69. The Labute approximate surface area is 145 Å². The minimum absolute atomic E-state index is 0.0519. The van der Waals surface area contributed by atoms with E-state index in [9.17, 15) is 18.0 Å². The van der Waals surface area contributed by atoms with Crippen molar-refractivity contribution < 1.29 is 22.4 Å². The Morgan fingerprint density at radius 2 is 2.08 bits per heavy atom. The predicted molar refractivity (Wildman–Crippen MR) is 87.1 cm³/mol. The molecule has 2 heterocycles. The summed E-state index contributed by atoms with van der Waals surface area (Å²) in [6, 6.07) is 8.38. The minimum atomic E-state index is -4.41. The summed E-state index contributed by atoms with van der Waals surface area (Å²) in [4.78, 5) is 18.0. The van der Waals surface area contributed by atoms with E-state index in [0.29, 0.717) is 16.3 Å². The zero-order chi connectivity index (χ0) is 18.0. The van der Waals surface area contributed by atoms with Crippen molar-refractivity contribution in [1.82, 2.24) is 9.88 Å². The van der Waals surface area contributed by atoms with Crippen LogP contribution in [0.1, 0.15) is 21.6 Å². The molecule has 3 rings (SSSR count). The molecule has 0 radical (unpaired) electrons. The van der Waals surface area contributed by atoms with Gasteiger partial charge in [-0.05, 0) is 29.8 Å². The lowest BCUT2D eigenvalue weighted by Gasteiger charge is -2.17. The first kappa shape index (κ1) is 17.2. The van der Waals surface area contributed by atoms with Crippen molar-refractivity contribution in [2.24, 2.45) is 0 Å². The van der Waals surface area contributed by atoms with Crippen molar-refractivity contribution in [2.45, 2.75) is 12.7 Å². The summed E-state index contributed by atoms with van der Waals surface area (Å²) in [6.45, 7) is 0.0519. The molecular weight excluding hydrogens is 353 g/mol. The molecule has 0 aliphatic carbocycles. The highest BCUT2D eigenvalue weighted by Gasteiger charge is 2.30. The van der Waals surface area contributed by atoms with E-state index in [1.54, 1.807) is 23.6 Å². The van der Waals surface area contributed by atoms with Crippen LogP contribution in [0, 0.1) is 0 Å². The van der Waals surface area contributed by atoms with E-state index in [-0.39, 0.29) is 18.1 Å². The zero-order valence-corrected chi connectivity index (χ0v) is 13.9. The number of nitrogens with zero attached hydrogens (tertiary/aromatic N) is 2. The van der Waals surface area contributed by atoms with E-state index >= 15 is 0 Å². The minimum Gasteiger partial charge on any atom is -0.462 e. The third-order valence-corrected chi connectivity index (χ3v) is 4.33. The number of hydrogen-bond acceptors (Lipinski definition) is 4. The lowest BCUT2D eigenvalue weighted by molar-refractivity contribution is -0.137. The molecule has 0 aliphatic heterocycles. The van der Waals surface area contributed by atoms with Crippen LogP contribution in [0.15, 0.2) is 52.5 Å². The number of aromatic nitrogens is 1. The number of benzene rings is 1. The third kappa shape index (κ3) is 3.90. The van der Waals surface area contributed by atoms with Crippen molar-refractivity contribution in [3.8, 4) is 10.8 Å². The molecule has 25 heavy (non-hydrogen) atoms. The summed E-state index contributed by atoms with van der Waals surface area (Å²) in [5.74, 6) is 0.191. The molecule has 2 aromatic heterocycles. The van der Waals surface area contributed by atoms with E-state index in [2.05, 4.69) is 4.98 Å². The molecule has 0 bridgehead atoms. The highest BCUT2D eigenvalue weighted by atomic mass is 32.1. The molecule has 0 saturated carbocycles. The number of furan rings is 1. The van der Waals surface area contributed by atoms with Gasteiger partial charge in [0.2, 0.25) is 0 Å². The van der Waals surface area contributed by atoms with Crippen LogP contribution < -0.4 is 0 Å². The van der Waals surface area contributed by atoms with Crippen LogP contribution in [0.3, 0.4) is 0 Å². The van der Waals surface area contributed by atoms with Crippen LogP contribution >= 0.6 is 11.3 Å². The Bertz CT molecular complexity index is 872. The van der Waals surface area contributed by atoms with Gasteiger partial charge in [-0.2, -0.15) is 13.2 Å². The maximum atomic E-state index is 12.8. The summed E-state index contributed by atoms with van der Waals surface area (Å²) in [6.07, 6.45) is -2.90. The Kier molecular flexibility index (Phi) is 4.63. The van der Waals surface area contributed by atoms with Gasteiger partial charge < -0.3 is 9.32 Å². The zero-order valence-electron chi connectivity index (χ0n) is 13.1. The van der Waals surface area contributed by atoms with Crippen LogP contribution in [-0.2, 0) is 12.7 Å². The summed E-state index contributed by atoms with van der Waals surface area (Å²) < 4.78 is 43.5. The maximum absolute atomic E-state index is 12.8. The van der Waals surface area contributed by atoms with Crippen molar-refractivity contribution in [2.75, 3.05) is 7.05 Å². The Balaban J connectivity index is 1.73. The van der Waals surface area contributed by atoms with Gasteiger partial charge in [-0.25, -0.2) is 4.98 Å². The lowest BCUT2D eigenvalue weighted by atomic mass is 10.1. The molecule has 1 aromatic carbocycles. The van der Waals surface area contributed by atoms with Crippen LogP contribution in [0.5, 0.6) is 0 Å². The first-order chi connectivity index (χ1) is 11.8. The van der Waals surface area contributed by atoms with Gasteiger partial charge in [0, 0.05) is 19.0 Å². The standard InChI is InChI=1S/C17H13F3N2O2S/c1-22(9-11-4-2-5-12(8-11)17(18,19)20)16(23)13-10-25-15(21-13)14-6-3-7-24-14/h2-8,10H,9H2,1H3. The summed E-state index contributed by atoms with van der Waals surface area (Å²) in [5.41, 5.74) is -0.113. The molecule has 8 heteroatoms. The smallest absolute Gasteiger partial charge is 0.416 e. The molecule has 1 amide bonds. The molecule has 0 N–H and O–H groups in total. The number of halogens is 3. The number of amides is 1. The first-order valence-corrected chi connectivity index (χ1v) is 8.13. The molecular formula is C17H13F3N2O2S. The number of rotatable bonds is 4. The van der Waals surface area contributed by atoms with Crippen LogP contribution in [0.4, 0.5) is 13.2 Å². The number of thiazole rings is 1. The molecule has 0 saturated heterocycles. The Morgan fingerprint density at radius 3 is 2.76 bits per heavy atom. The monoisotopic (exact) mass is 366 g/mol. The largest absolute Gasteiger partial charge is 0.462 e. The van der Waals surface area contributed by atoms with E-state index in [1.807, 2.05) is 0 Å². The fourth-order valence-electron chi connectivity index (χ4n) is 2.27. The average Bonchev–Trinajstić information content (AvgIpc) is 3.24. The fourth-order valence-corrected chi connectivity index (χ4v) is 3.03. The van der Waals surface area contributed by atoms with Gasteiger partial charge in [-0.3, -0.25) is 4.79 Å². The quantitative estimate of drug-likeness (QED) is 0.673. The average molecular weight is 366 g/mol. The first-order valence-electron chi connectivity index (χ1n) is 7.25. The number of carbonyl (C=O) groups is 1. The molecule has 0 fully saturated rings. The summed E-state index contributed by atoms with van der Waals surface area (Å²) >= 11 is 1.26. The molecule has 0 unspecified atom stereocenters. The third-order valence-electron chi connectivity index (χ3n) is 3.48. The number of alkyl halides is 3. The molecule has 3 aromatic rings. The molecule has 0 spiro atoms.